The van der Waals surface area contributed by atoms with Gasteiger partial charge < -0.3 is 10.0 Å². The third kappa shape index (κ3) is 3.29. The number of carbonyl (C=O) groups is 2. The molecule has 2 aliphatic rings. The van der Waals surface area contributed by atoms with Crippen LogP contribution in [0.2, 0.25) is 5.02 Å². The number of carboxylic acid groups (broad SMARTS) is 1. The van der Waals surface area contributed by atoms with Gasteiger partial charge in [0.15, 0.2) is 0 Å². The maximum atomic E-state index is 14.9. The molecule has 0 radical (unpaired) electrons. The number of carbonyl (C=O) groups excluding carboxylic acids is 1. The van der Waals surface area contributed by atoms with Gasteiger partial charge in [0.1, 0.15) is 6.04 Å². The van der Waals surface area contributed by atoms with E-state index in [1.54, 1.807) is 6.92 Å². The number of piperidine rings is 1. The summed E-state index contributed by atoms with van der Waals surface area (Å²) in [5.74, 6) is -3.49. The van der Waals surface area contributed by atoms with E-state index >= 15 is 0 Å². The number of halogens is 3. The first-order valence-electron chi connectivity index (χ1n) is 8.14. The van der Waals surface area contributed by atoms with Gasteiger partial charge >= 0.3 is 6.09 Å². The second-order valence-electron chi connectivity index (χ2n) is 6.70. The molecule has 3 rings (SSSR count). The molecule has 0 bridgehead atoms. The average Bonchev–Trinajstić information content (AvgIpc) is 2.86. The minimum atomic E-state index is -3.29. The highest BCUT2D eigenvalue weighted by atomic mass is 35.5. The van der Waals surface area contributed by atoms with Crippen molar-refractivity contribution in [3.63, 3.8) is 0 Å². The fourth-order valence-corrected chi connectivity index (χ4v) is 4.03. The van der Waals surface area contributed by atoms with E-state index in [0.717, 1.165) is 4.90 Å². The zero-order chi connectivity index (χ0) is 18.4. The fourth-order valence-electron chi connectivity index (χ4n) is 3.90. The highest BCUT2D eigenvalue weighted by Gasteiger charge is 2.54. The van der Waals surface area contributed by atoms with E-state index in [0.29, 0.717) is 17.9 Å². The van der Waals surface area contributed by atoms with Gasteiger partial charge in [-0.05, 0) is 31.0 Å². The molecule has 2 saturated heterocycles. The molecule has 2 heterocycles. The van der Waals surface area contributed by atoms with Crippen LogP contribution in [0.3, 0.4) is 0 Å². The predicted octanol–water partition coefficient (Wildman–Crippen LogP) is 3.78. The molecule has 8 heteroatoms. The van der Waals surface area contributed by atoms with E-state index in [1.165, 1.54) is 29.2 Å². The van der Waals surface area contributed by atoms with Gasteiger partial charge in [0.05, 0.1) is 6.04 Å². The normalized spacial score (nSPS) is 29.1. The Morgan fingerprint density at radius 3 is 2.48 bits per heavy atom. The summed E-state index contributed by atoms with van der Waals surface area (Å²) >= 11 is 5.80. The van der Waals surface area contributed by atoms with Crippen LogP contribution in [-0.2, 0) is 4.79 Å². The third-order valence-electron chi connectivity index (χ3n) is 4.99. The van der Waals surface area contributed by atoms with E-state index in [9.17, 15) is 23.5 Å². The second kappa shape index (κ2) is 6.44. The first-order chi connectivity index (χ1) is 11.7. The van der Waals surface area contributed by atoms with Crippen LogP contribution in [0.5, 0.6) is 0 Å². The first-order valence-corrected chi connectivity index (χ1v) is 8.52. The Morgan fingerprint density at radius 1 is 1.32 bits per heavy atom. The maximum Gasteiger partial charge on any atom is 0.408 e. The van der Waals surface area contributed by atoms with E-state index in [2.05, 4.69) is 0 Å². The lowest BCUT2D eigenvalue weighted by Gasteiger charge is -2.46. The molecule has 5 nitrogen and oxygen atoms in total. The van der Waals surface area contributed by atoms with Crippen molar-refractivity contribution in [2.24, 2.45) is 0 Å². The smallest absolute Gasteiger partial charge is 0.408 e. The number of hydrogen-bond donors (Lipinski definition) is 1. The predicted molar refractivity (Wildman–Crippen MR) is 87.8 cm³/mol. The molecule has 0 saturated carbocycles. The van der Waals surface area contributed by atoms with E-state index in [1.807, 2.05) is 0 Å². The number of hydrogen-bond acceptors (Lipinski definition) is 2. The van der Waals surface area contributed by atoms with E-state index < -0.39 is 30.5 Å². The Balaban J connectivity index is 1.94. The summed E-state index contributed by atoms with van der Waals surface area (Å²) in [6.07, 6.45) is -1.06. The molecule has 25 heavy (non-hydrogen) atoms. The molecule has 0 aromatic heterocycles. The van der Waals surface area contributed by atoms with Gasteiger partial charge in [0.2, 0.25) is 5.91 Å². The minimum Gasteiger partial charge on any atom is -0.465 e. The average molecular weight is 373 g/mol. The lowest BCUT2D eigenvalue weighted by atomic mass is 9.88. The number of alkyl halides is 2. The van der Waals surface area contributed by atoms with Crippen LogP contribution in [0.1, 0.15) is 37.8 Å². The molecule has 0 spiro atoms. The molecule has 0 aliphatic carbocycles. The van der Waals surface area contributed by atoms with Gasteiger partial charge in [-0.15, -0.1) is 0 Å². The number of rotatable bonds is 2. The number of benzene rings is 1. The molecule has 2 aliphatic heterocycles. The zero-order valence-electron chi connectivity index (χ0n) is 13.7. The van der Waals surface area contributed by atoms with Gasteiger partial charge in [-0.3, -0.25) is 9.69 Å². The van der Waals surface area contributed by atoms with Crippen molar-refractivity contribution in [2.75, 3.05) is 6.54 Å². The molecule has 136 valence electrons. The number of nitrogens with zero attached hydrogens (tertiary/aromatic N) is 2. The third-order valence-corrected chi connectivity index (χ3v) is 5.24. The summed E-state index contributed by atoms with van der Waals surface area (Å²) in [6, 6.07) is 3.19. The van der Waals surface area contributed by atoms with Crippen LogP contribution in [0, 0.1) is 0 Å². The Hall–Kier alpha value is -1.89. The maximum absolute atomic E-state index is 14.9. The van der Waals surface area contributed by atoms with Crippen LogP contribution >= 0.6 is 11.6 Å². The van der Waals surface area contributed by atoms with Crippen LogP contribution < -0.4 is 0 Å². The van der Waals surface area contributed by atoms with Crippen molar-refractivity contribution in [3.8, 4) is 0 Å². The Kier molecular flexibility index (Phi) is 4.62. The van der Waals surface area contributed by atoms with Crippen molar-refractivity contribution in [1.82, 2.24) is 9.80 Å². The first kappa shape index (κ1) is 17.9. The molecule has 1 aromatic carbocycles. The molecular formula is C17H19ClF2N2O3. The van der Waals surface area contributed by atoms with Crippen molar-refractivity contribution in [3.05, 3.63) is 34.9 Å². The molecule has 2 amide bonds. The molecular weight excluding hydrogens is 354 g/mol. The molecule has 1 aromatic rings. The molecule has 3 atom stereocenters. The van der Waals surface area contributed by atoms with E-state index in [-0.39, 0.29) is 24.1 Å². The van der Waals surface area contributed by atoms with Crippen LogP contribution in [0.15, 0.2) is 24.3 Å². The van der Waals surface area contributed by atoms with Crippen molar-refractivity contribution >= 4 is 23.6 Å². The Labute approximate surface area is 149 Å². The largest absolute Gasteiger partial charge is 0.465 e. The van der Waals surface area contributed by atoms with Gasteiger partial charge in [-0.25, -0.2) is 13.6 Å². The van der Waals surface area contributed by atoms with Crippen LogP contribution in [0.25, 0.3) is 0 Å². The van der Waals surface area contributed by atoms with Crippen molar-refractivity contribution in [2.45, 2.75) is 50.2 Å². The van der Waals surface area contributed by atoms with Crippen LogP contribution in [-0.4, -0.2) is 51.5 Å². The topological polar surface area (TPSA) is 60.9 Å². The molecule has 2 fully saturated rings. The summed E-state index contributed by atoms with van der Waals surface area (Å²) in [7, 11) is 0. The van der Waals surface area contributed by atoms with Gasteiger partial charge in [-0.1, -0.05) is 23.7 Å². The van der Waals surface area contributed by atoms with Gasteiger partial charge in [0, 0.05) is 30.5 Å². The Bertz CT molecular complexity index is 683. The van der Waals surface area contributed by atoms with Crippen molar-refractivity contribution in [1.29, 1.82) is 0 Å². The van der Waals surface area contributed by atoms with E-state index in [4.69, 9.17) is 11.6 Å². The van der Waals surface area contributed by atoms with Gasteiger partial charge in [-0.2, -0.15) is 0 Å². The lowest BCUT2D eigenvalue weighted by Crippen LogP contribution is -2.59. The summed E-state index contributed by atoms with van der Waals surface area (Å²) in [5, 5.41) is 9.90. The standard InChI is InChI=1S/C17H19ClF2N2O3/c1-10-2-7-14(23)22(10)13-8-17(19,20)15(21(9-13)16(24)25)11-3-5-12(18)6-4-11/h3-6,10,13,15H,2,7-9H2,1H3,(H,24,25)/t10?,13-,15?/m1/s1. The van der Waals surface area contributed by atoms with Gasteiger partial charge in [0.25, 0.3) is 5.92 Å². The summed E-state index contributed by atoms with van der Waals surface area (Å²) < 4.78 is 29.9. The number of likely N-dealkylation sites (tertiary alicyclic amines) is 2. The summed E-state index contributed by atoms with van der Waals surface area (Å²) in [4.78, 5) is 25.9. The monoisotopic (exact) mass is 372 g/mol. The van der Waals surface area contributed by atoms with Crippen LogP contribution in [0.4, 0.5) is 13.6 Å². The second-order valence-corrected chi connectivity index (χ2v) is 7.13. The summed E-state index contributed by atoms with van der Waals surface area (Å²) in [6.45, 7) is 1.67. The van der Waals surface area contributed by atoms with Crippen molar-refractivity contribution < 1.29 is 23.5 Å². The zero-order valence-corrected chi connectivity index (χ0v) is 14.4. The highest BCUT2D eigenvalue weighted by Crippen LogP contribution is 2.45. The lowest BCUT2D eigenvalue weighted by molar-refractivity contribution is -0.148. The number of amides is 2. The SMILES string of the molecule is CC1CCC(=O)N1[C@H]1CN(C(=O)O)C(c2ccc(Cl)cc2)C(F)(F)C1. The fraction of sp³-hybridized carbons (Fsp3) is 0.529. The molecule has 1 N–H and O–H groups in total. The quantitative estimate of drug-likeness (QED) is 0.859. The Morgan fingerprint density at radius 2 is 1.96 bits per heavy atom. The highest BCUT2D eigenvalue weighted by molar-refractivity contribution is 6.30. The minimum absolute atomic E-state index is 0.131. The molecule has 2 unspecified atom stereocenters. The summed E-state index contributed by atoms with van der Waals surface area (Å²) in [5.41, 5.74) is 0.191.